The zero-order chi connectivity index (χ0) is 19.1. The fourth-order valence-electron chi connectivity index (χ4n) is 3.05. The molecule has 0 unspecified atom stereocenters. The number of rotatable bonds is 3. The van der Waals surface area contributed by atoms with Gasteiger partial charge in [-0.25, -0.2) is 4.68 Å². The Hall–Kier alpha value is -2.99. The fourth-order valence-corrected chi connectivity index (χ4v) is 3.17. The summed E-state index contributed by atoms with van der Waals surface area (Å²) in [6.07, 6.45) is 0. The average Bonchev–Trinajstić information content (AvgIpc) is 3.26. The summed E-state index contributed by atoms with van der Waals surface area (Å²) >= 11 is 6.25. The number of nitrogens with zero attached hydrogens (tertiary/aromatic N) is 3. The highest BCUT2D eigenvalue weighted by Crippen LogP contribution is 2.35. The molecule has 0 N–H and O–H groups in total. The number of benzene rings is 2. The minimum absolute atomic E-state index is 0.136. The summed E-state index contributed by atoms with van der Waals surface area (Å²) in [5, 5.41) is 5.08. The van der Waals surface area contributed by atoms with Gasteiger partial charge in [0.15, 0.2) is 11.5 Å². The maximum Gasteiger partial charge on any atom is 0.258 e. The highest BCUT2D eigenvalue weighted by atomic mass is 35.5. The number of aryl methyl sites for hydroxylation is 1. The van der Waals surface area contributed by atoms with Gasteiger partial charge in [-0.05, 0) is 44.2 Å². The van der Waals surface area contributed by atoms with Crippen LogP contribution in [-0.4, -0.2) is 29.5 Å². The predicted octanol–water partition coefficient (Wildman–Crippen LogP) is 4.15. The van der Waals surface area contributed by atoms with Gasteiger partial charge in [0, 0.05) is 24.4 Å². The van der Waals surface area contributed by atoms with Crippen molar-refractivity contribution < 1.29 is 14.3 Å². The van der Waals surface area contributed by atoms with E-state index in [0.717, 1.165) is 22.8 Å². The van der Waals surface area contributed by atoms with E-state index < -0.39 is 0 Å². The summed E-state index contributed by atoms with van der Waals surface area (Å²) in [4.78, 5) is 14.6. The van der Waals surface area contributed by atoms with Crippen molar-refractivity contribution >= 4 is 23.2 Å². The highest BCUT2D eigenvalue weighted by Gasteiger charge is 2.19. The summed E-state index contributed by atoms with van der Waals surface area (Å²) in [6.45, 7) is 3.95. The lowest BCUT2D eigenvalue weighted by Gasteiger charge is -2.18. The van der Waals surface area contributed by atoms with Crippen LogP contribution in [0.5, 0.6) is 11.5 Å². The van der Waals surface area contributed by atoms with Crippen molar-refractivity contribution in [2.24, 2.45) is 0 Å². The molecule has 0 spiro atoms. The number of ether oxygens (including phenoxy) is 2. The summed E-state index contributed by atoms with van der Waals surface area (Å²) in [5.74, 6) is 1.18. The predicted molar refractivity (Wildman–Crippen MR) is 103 cm³/mol. The van der Waals surface area contributed by atoms with Crippen molar-refractivity contribution in [3.8, 4) is 17.2 Å². The Kier molecular flexibility index (Phi) is 4.28. The van der Waals surface area contributed by atoms with Gasteiger partial charge in [-0.3, -0.25) is 4.79 Å². The molecule has 7 heteroatoms. The highest BCUT2D eigenvalue weighted by molar-refractivity contribution is 6.31. The van der Waals surface area contributed by atoms with Crippen LogP contribution in [0, 0.1) is 13.8 Å². The van der Waals surface area contributed by atoms with Crippen LogP contribution < -0.4 is 14.4 Å². The van der Waals surface area contributed by atoms with Crippen LogP contribution in [0.4, 0.5) is 5.69 Å². The lowest BCUT2D eigenvalue weighted by atomic mass is 10.1. The van der Waals surface area contributed by atoms with E-state index in [-0.39, 0.29) is 12.7 Å². The Morgan fingerprint density at radius 3 is 2.67 bits per heavy atom. The molecule has 0 aliphatic carbocycles. The summed E-state index contributed by atoms with van der Waals surface area (Å²) in [7, 11) is 1.73. The molecule has 0 saturated carbocycles. The molecule has 4 rings (SSSR count). The quantitative estimate of drug-likeness (QED) is 0.681. The van der Waals surface area contributed by atoms with Crippen LogP contribution in [0.25, 0.3) is 5.69 Å². The van der Waals surface area contributed by atoms with E-state index in [1.165, 1.54) is 0 Å². The van der Waals surface area contributed by atoms with Crippen LogP contribution in [0.1, 0.15) is 21.7 Å². The Labute approximate surface area is 161 Å². The number of hydrogen-bond acceptors (Lipinski definition) is 4. The van der Waals surface area contributed by atoms with E-state index in [9.17, 15) is 4.79 Å². The normalized spacial score (nSPS) is 12.3. The largest absolute Gasteiger partial charge is 0.454 e. The van der Waals surface area contributed by atoms with Crippen molar-refractivity contribution in [1.82, 2.24) is 9.78 Å². The third-order valence-corrected chi connectivity index (χ3v) is 5.14. The van der Waals surface area contributed by atoms with Gasteiger partial charge < -0.3 is 14.4 Å². The number of aromatic nitrogens is 2. The van der Waals surface area contributed by atoms with Crippen molar-refractivity contribution in [1.29, 1.82) is 0 Å². The molecule has 1 aliphatic heterocycles. The maximum atomic E-state index is 13.0. The summed E-state index contributed by atoms with van der Waals surface area (Å²) < 4.78 is 12.5. The average molecular weight is 384 g/mol. The van der Waals surface area contributed by atoms with Crippen molar-refractivity contribution in [2.75, 3.05) is 18.7 Å². The van der Waals surface area contributed by atoms with Crippen LogP contribution >= 0.6 is 11.6 Å². The van der Waals surface area contributed by atoms with Crippen LogP contribution in [-0.2, 0) is 0 Å². The van der Waals surface area contributed by atoms with Gasteiger partial charge in [-0.15, -0.1) is 0 Å². The number of halogens is 1. The van der Waals surface area contributed by atoms with E-state index in [4.69, 9.17) is 21.1 Å². The lowest BCUT2D eigenvalue weighted by Crippen LogP contribution is -2.26. The topological polar surface area (TPSA) is 56.6 Å². The van der Waals surface area contributed by atoms with Crippen molar-refractivity contribution in [3.63, 3.8) is 0 Å². The van der Waals surface area contributed by atoms with Gasteiger partial charge in [0.05, 0.1) is 22.1 Å². The molecule has 0 radical (unpaired) electrons. The minimum atomic E-state index is -0.136. The SMILES string of the molecule is Cc1nn(-c2cccc(C(=O)N(C)c3ccc4c(c3)OCO4)c2)c(C)c1Cl. The minimum Gasteiger partial charge on any atom is -0.454 e. The van der Waals surface area contributed by atoms with E-state index >= 15 is 0 Å². The first-order valence-electron chi connectivity index (χ1n) is 8.45. The maximum absolute atomic E-state index is 13.0. The van der Waals surface area contributed by atoms with E-state index in [2.05, 4.69) is 5.10 Å². The molecule has 6 nitrogen and oxygen atoms in total. The molecule has 3 aromatic rings. The first-order valence-corrected chi connectivity index (χ1v) is 8.83. The second kappa shape index (κ2) is 6.63. The molecule has 1 aromatic heterocycles. The smallest absolute Gasteiger partial charge is 0.258 e. The number of amides is 1. The van der Waals surface area contributed by atoms with Crippen LogP contribution in [0.2, 0.25) is 5.02 Å². The van der Waals surface area contributed by atoms with Crippen LogP contribution in [0.15, 0.2) is 42.5 Å². The van der Waals surface area contributed by atoms with Gasteiger partial charge in [0.1, 0.15) is 0 Å². The van der Waals surface area contributed by atoms with E-state index in [0.29, 0.717) is 22.1 Å². The van der Waals surface area contributed by atoms with Crippen molar-refractivity contribution in [3.05, 3.63) is 64.4 Å². The molecule has 0 bridgehead atoms. The Bertz CT molecular complexity index is 1040. The molecule has 0 atom stereocenters. The monoisotopic (exact) mass is 383 g/mol. The third kappa shape index (κ3) is 3.02. The molecular weight excluding hydrogens is 366 g/mol. The van der Waals surface area contributed by atoms with E-state index in [1.807, 2.05) is 38.1 Å². The fraction of sp³-hybridized carbons (Fsp3) is 0.200. The number of hydrogen-bond donors (Lipinski definition) is 0. The molecule has 0 saturated heterocycles. The number of carbonyl (C=O) groups is 1. The van der Waals surface area contributed by atoms with E-state index in [1.54, 1.807) is 34.8 Å². The molecule has 1 amide bonds. The Morgan fingerprint density at radius 1 is 1.15 bits per heavy atom. The van der Waals surface area contributed by atoms with Gasteiger partial charge in [-0.2, -0.15) is 5.10 Å². The Balaban J connectivity index is 1.65. The summed E-state index contributed by atoms with van der Waals surface area (Å²) in [5.41, 5.74) is 3.65. The van der Waals surface area contributed by atoms with Gasteiger partial charge in [0.25, 0.3) is 5.91 Å². The zero-order valence-electron chi connectivity index (χ0n) is 15.2. The molecule has 0 fully saturated rings. The molecule has 1 aliphatic rings. The lowest BCUT2D eigenvalue weighted by molar-refractivity contribution is 0.0993. The standard InChI is InChI=1S/C20H18ClN3O3/c1-12-19(21)13(2)24(22-12)16-6-4-5-14(9-16)20(25)23(3)15-7-8-17-18(10-15)27-11-26-17/h4-10H,11H2,1-3H3. The number of anilines is 1. The van der Waals surface area contributed by atoms with Gasteiger partial charge >= 0.3 is 0 Å². The number of fused-ring (bicyclic) bond motifs is 1. The van der Waals surface area contributed by atoms with Crippen LogP contribution in [0.3, 0.4) is 0 Å². The van der Waals surface area contributed by atoms with Gasteiger partial charge in [0.2, 0.25) is 6.79 Å². The third-order valence-electron chi connectivity index (χ3n) is 4.59. The number of carbonyl (C=O) groups excluding carboxylic acids is 1. The second-order valence-corrected chi connectivity index (χ2v) is 6.73. The molecular formula is C20H18ClN3O3. The molecule has 2 aromatic carbocycles. The second-order valence-electron chi connectivity index (χ2n) is 6.35. The Morgan fingerprint density at radius 2 is 1.93 bits per heavy atom. The molecule has 27 heavy (non-hydrogen) atoms. The first-order chi connectivity index (χ1) is 13.0. The zero-order valence-corrected chi connectivity index (χ0v) is 15.9. The molecule has 2 heterocycles. The van der Waals surface area contributed by atoms with Crippen molar-refractivity contribution in [2.45, 2.75) is 13.8 Å². The summed E-state index contributed by atoms with van der Waals surface area (Å²) in [6, 6.07) is 12.7. The first kappa shape index (κ1) is 17.4. The van der Waals surface area contributed by atoms with Gasteiger partial charge in [-0.1, -0.05) is 17.7 Å². The molecule has 138 valence electrons.